The number of alkyl halides is 3. The Morgan fingerprint density at radius 1 is 1.00 bits per heavy atom. The summed E-state index contributed by atoms with van der Waals surface area (Å²) in [5.74, 6) is 0.545. The second kappa shape index (κ2) is 9.10. The van der Waals surface area contributed by atoms with Crippen molar-refractivity contribution in [2.24, 2.45) is 0 Å². The molecular weight excluding hydrogens is 417 g/mol. The van der Waals surface area contributed by atoms with E-state index in [0.29, 0.717) is 29.4 Å². The molecule has 0 aliphatic heterocycles. The van der Waals surface area contributed by atoms with E-state index in [9.17, 15) is 13.2 Å². The van der Waals surface area contributed by atoms with Crippen molar-refractivity contribution in [3.8, 4) is 5.75 Å². The van der Waals surface area contributed by atoms with E-state index in [-0.39, 0.29) is 5.04 Å². The monoisotopic (exact) mass is 444 g/mol. The number of hydrogen-bond donors (Lipinski definition) is 0. The maximum Gasteiger partial charge on any atom is 0.416 e. The molecule has 0 spiro atoms. The van der Waals surface area contributed by atoms with Crippen LogP contribution in [0.2, 0.25) is 23.2 Å². The molecule has 2 nitrogen and oxygen atoms in total. The van der Waals surface area contributed by atoms with Gasteiger partial charge in [-0.3, -0.25) is 0 Å². The van der Waals surface area contributed by atoms with Crippen LogP contribution in [-0.4, -0.2) is 14.9 Å². The molecule has 0 fully saturated rings. The Hall–Kier alpha value is -1.50. The molecule has 2 rings (SSSR count). The van der Waals surface area contributed by atoms with E-state index in [4.69, 9.17) is 20.8 Å². The van der Waals surface area contributed by atoms with Gasteiger partial charge in [0, 0.05) is 18.1 Å². The Bertz CT molecular complexity index is 799. The zero-order valence-corrected chi connectivity index (χ0v) is 19.2. The third-order valence-corrected chi connectivity index (χ3v) is 10.1. The van der Waals surface area contributed by atoms with E-state index in [2.05, 4.69) is 33.9 Å². The van der Waals surface area contributed by atoms with Crippen LogP contribution in [0.3, 0.4) is 0 Å². The van der Waals surface area contributed by atoms with Crippen molar-refractivity contribution in [2.45, 2.75) is 57.6 Å². The van der Waals surface area contributed by atoms with E-state index < -0.39 is 26.2 Å². The van der Waals surface area contributed by atoms with E-state index in [1.807, 2.05) is 0 Å². The van der Waals surface area contributed by atoms with Crippen LogP contribution in [0.1, 0.15) is 44.4 Å². The fourth-order valence-corrected chi connectivity index (χ4v) is 3.71. The van der Waals surface area contributed by atoms with Crippen LogP contribution in [0.15, 0.2) is 48.5 Å². The normalized spacial score (nSPS) is 14.0. The molecule has 2 aromatic rings. The van der Waals surface area contributed by atoms with Crippen molar-refractivity contribution < 1.29 is 22.3 Å². The minimum absolute atomic E-state index is 0.0513. The molecule has 0 amide bonds. The minimum Gasteiger partial charge on any atom is -0.486 e. The predicted octanol–water partition coefficient (Wildman–Crippen LogP) is 7.89. The molecular formula is C22H28ClF3O2Si. The largest absolute Gasteiger partial charge is 0.486 e. The summed E-state index contributed by atoms with van der Waals surface area (Å²) in [5.41, 5.74) is -0.223. The Morgan fingerprint density at radius 2 is 1.62 bits per heavy atom. The highest BCUT2D eigenvalue weighted by Crippen LogP contribution is 2.37. The number of halogens is 4. The van der Waals surface area contributed by atoms with Gasteiger partial charge in [0.1, 0.15) is 11.9 Å². The van der Waals surface area contributed by atoms with Crippen LogP contribution in [0.25, 0.3) is 0 Å². The minimum atomic E-state index is -4.40. The predicted molar refractivity (Wildman–Crippen MR) is 114 cm³/mol. The Morgan fingerprint density at radius 3 is 2.17 bits per heavy atom. The van der Waals surface area contributed by atoms with Crippen LogP contribution in [0.4, 0.5) is 13.2 Å². The Balaban J connectivity index is 2.23. The first-order valence-electron chi connectivity index (χ1n) is 9.53. The lowest BCUT2D eigenvalue weighted by atomic mass is 10.0. The summed E-state index contributed by atoms with van der Waals surface area (Å²) in [6.45, 7) is 11.1. The van der Waals surface area contributed by atoms with E-state index in [1.54, 1.807) is 30.3 Å². The molecule has 0 heterocycles. The number of ether oxygens (including phenoxy) is 1. The lowest BCUT2D eigenvalue weighted by molar-refractivity contribution is -0.137. The Labute approximate surface area is 177 Å². The maximum atomic E-state index is 13.2. The van der Waals surface area contributed by atoms with Crippen molar-refractivity contribution in [3.63, 3.8) is 0 Å². The molecule has 29 heavy (non-hydrogen) atoms. The van der Waals surface area contributed by atoms with Crippen LogP contribution in [-0.2, 0) is 10.6 Å². The first-order valence-corrected chi connectivity index (χ1v) is 12.8. The summed E-state index contributed by atoms with van der Waals surface area (Å²) in [4.78, 5) is 0. The number of rotatable bonds is 7. The molecule has 0 N–H and O–H groups in total. The summed E-state index contributed by atoms with van der Waals surface area (Å²) in [7, 11) is -1.97. The van der Waals surface area contributed by atoms with Crippen molar-refractivity contribution in [1.29, 1.82) is 0 Å². The molecule has 0 bridgehead atoms. The highest BCUT2D eigenvalue weighted by atomic mass is 35.5. The van der Waals surface area contributed by atoms with Crippen molar-refractivity contribution in [2.75, 3.05) is 6.61 Å². The van der Waals surface area contributed by atoms with Crippen LogP contribution in [0.5, 0.6) is 5.75 Å². The highest BCUT2D eigenvalue weighted by molar-refractivity contribution is 6.74. The zero-order valence-electron chi connectivity index (χ0n) is 17.4. The lowest BCUT2D eigenvalue weighted by Crippen LogP contribution is -2.41. The topological polar surface area (TPSA) is 18.5 Å². The average molecular weight is 445 g/mol. The Kier molecular flexibility index (Phi) is 7.46. The summed E-state index contributed by atoms with van der Waals surface area (Å²) < 4.78 is 51.8. The lowest BCUT2D eigenvalue weighted by Gasteiger charge is -2.36. The molecule has 0 radical (unpaired) electrons. The van der Waals surface area contributed by atoms with Crippen molar-refractivity contribution >= 4 is 19.9 Å². The van der Waals surface area contributed by atoms with Gasteiger partial charge in [0.2, 0.25) is 0 Å². The van der Waals surface area contributed by atoms with Gasteiger partial charge in [0.05, 0.1) is 5.56 Å². The molecule has 0 saturated heterocycles. The smallest absolute Gasteiger partial charge is 0.416 e. The first-order chi connectivity index (χ1) is 13.3. The average Bonchev–Trinajstić information content (AvgIpc) is 2.61. The summed E-state index contributed by atoms with van der Waals surface area (Å²) in [6, 6.07) is 12.1. The van der Waals surface area contributed by atoms with Gasteiger partial charge in [-0.1, -0.05) is 44.5 Å². The van der Waals surface area contributed by atoms with Crippen molar-refractivity contribution in [3.05, 3.63) is 64.7 Å². The summed E-state index contributed by atoms with van der Waals surface area (Å²) in [6.07, 6.45) is -4.53. The molecule has 1 atom stereocenters. The maximum absolute atomic E-state index is 13.2. The van der Waals surface area contributed by atoms with Gasteiger partial charge in [0.15, 0.2) is 8.32 Å². The molecule has 160 valence electrons. The standard InChI is InChI=1S/C22H28ClF3O2Si/c1-21(2,3)29(4,5)27-14-13-20(28-19-11-9-18(23)10-12-19)16-7-6-8-17(15-16)22(24,25)26/h6-12,15,20H,13-14H2,1-5H3. The number of benzene rings is 2. The van der Waals surface area contributed by atoms with E-state index in [1.165, 1.54) is 6.07 Å². The van der Waals surface area contributed by atoms with Crippen molar-refractivity contribution in [1.82, 2.24) is 0 Å². The molecule has 0 aromatic heterocycles. The fourth-order valence-electron chi connectivity index (χ4n) is 2.52. The second-order valence-corrected chi connectivity index (χ2v) is 13.8. The van der Waals surface area contributed by atoms with E-state index in [0.717, 1.165) is 12.1 Å². The molecule has 7 heteroatoms. The van der Waals surface area contributed by atoms with Gasteiger partial charge in [0.25, 0.3) is 0 Å². The number of hydrogen-bond acceptors (Lipinski definition) is 2. The third kappa shape index (κ3) is 6.76. The van der Waals surface area contributed by atoms with Gasteiger partial charge in [-0.25, -0.2) is 0 Å². The van der Waals surface area contributed by atoms with Crippen LogP contribution >= 0.6 is 11.6 Å². The van der Waals surface area contributed by atoms with Gasteiger partial charge in [-0.05, 0) is 60.1 Å². The fraction of sp³-hybridized carbons (Fsp3) is 0.455. The van der Waals surface area contributed by atoms with Crippen LogP contribution in [0, 0.1) is 0 Å². The third-order valence-electron chi connectivity index (χ3n) is 5.33. The van der Waals surface area contributed by atoms with Gasteiger partial charge < -0.3 is 9.16 Å². The highest BCUT2D eigenvalue weighted by Gasteiger charge is 2.37. The zero-order chi connectivity index (χ0) is 21.9. The molecule has 0 aliphatic rings. The first kappa shape index (κ1) is 23.8. The SMILES string of the molecule is CC(C)(C)[Si](C)(C)OCCC(Oc1ccc(Cl)cc1)c1cccc(C(F)(F)F)c1. The molecule has 0 aliphatic carbocycles. The molecule has 0 saturated carbocycles. The van der Waals surface area contributed by atoms with Gasteiger partial charge >= 0.3 is 6.18 Å². The van der Waals surface area contributed by atoms with Crippen LogP contribution < -0.4 is 4.74 Å². The quantitative estimate of drug-likeness (QED) is 0.404. The molecule has 1 unspecified atom stereocenters. The van der Waals surface area contributed by atoms with Gasteiger partial charge in [-0.15, -0.1) is 0 Å². The molecule has 2 aromatic carbocycles. The van der Waals surface area contributed by atoms with Gasteiger partial charge in [-0.2, -0.15) is 13.2 Å². The summed E-state index contributed by atoms with van der Waals surface area (Å²) >= 11 is 5.92. The van der Waals surface area contributed by atoms with E-state index >= 15 is 0 Å². The summed E-state index contributed by atoms with van der Waals surface area (Å²) in [5, 5.41) is 0.615. The second-order valence-electron chi connectivity index (χ2n) is 8.58.